The quantitative estimate of drug-likeness (QED) is 0.627. The molecular formula is C17H18FNO2. The molecule has 2 aromatic carbocycles. The van der Waals surface area contributed by atoms with Crippen molar-refractivity contribution >= 4 is 16.7 Å². The van der Waals surface area contributed by atoms with Gasteiger partial charge in [-0.3, -0.25) is 4.79 Å². The Morgan fingerprint density at radius 2 is 1.95 bits per heavy atom. The summed E-state index contributed by atoms with van der Waals surface area (Å²) in [5, 5.41) is 3.84. The van der Waals surface area contributed by atoms with E-state index in [1.54, 1.807) is 30.3 Å². The van der Waals surface area contributed by atoms with Crippen LogP contribution in [0.3, 0.4) is 0 Å². The van der Waals surface area contributed by atoms with Crippen LogP contribution in [0.15, 0.2) is 49.1 Å². The van der Waals surface area contributed by atoms with Crippen LogP contribution >= 0.6 is 0 Å². The highest BCUT2D eigenvalue weighted by Crippen LogP contribution is 2.21. The molecule has 0 heterocycles. The molecule has 1 N–H and O–H groups in total. The molecule has 21 heavy (non-hydrogen) atoms. The van der Waals surface area contributed by atoms with Gasteiger partial charge in [-0.05, 0) is 23.9 Å². The van der Waals surface area contributed by atoms with Crippen molar-refractivity contribution in [1.82, 2.24) is 5.32 Å². The summed E-state index contributed by atoms with van der Waals surface area (Å²) in [6.45, 7) is 5.06. The molecule has 4 heteroatoms. The summed E-state index contributed by atoms with van der Waals surface area (Å²) in [6.07, 6.45) is 2.57. The number of halogens is 1. The van der Waals surface area contributed by atoms with Crippen molar-refractivity contribution in [2.75, 3.05) is 19.8 Å². The normalized spacial score (nSPS) is 10.5. The Balaban J connectivity index is 2.00. The van der Waals surface area contributed by atoms with Gasteiger partial charge in [-0.1, -0.05) is 30.3 Å². The van der Waals surface area contributed by atoms with Crippen LogP contribution in [0.25, 0.3) is 10.8 Å². The van der Waals surface area contributed by atoms with Crippen LogP contribution in [0.5, 0.6) is 0 Å². The summed E-state index contributed by atoms with van der Waals surface area (Å²) in [4.78, 5) is 12.2. The summed E-state index contributed by atoms with van der Waals surface area (Å²) in [5.74, 6) is -0.548. The van der Waals surface area contributed by atoms with E-state index in [4.69, 9.17) is 4.74 Å². The molecule has 0 fully saturated rings. The van der Waals surface area contributed by atoms with Crippen LogP contribution in [-0.2, 0) is 4.74 Å². The van der Waals surface area contributed by atoms with E-state index in [9.17, 15) is 9.18 Å². The van der Waals surface area contributed by atoms with Gasteiger partial charge >= 0.3 is 0 Å². The third-order valence-corrected chi connectivity index (χ3v) is 3.11. The molecule has 110 valence electrons. The van der Waals surface area contributed by atoms with E-state index >= 15 is 0 Å². The van der Waals surface area contributed by atoms with E-state index in [1.807, 2.05) is 0 Å². The molecule has 0 atom stereocenters. The minimum Gasteiger partial charge on any atom is -0.379 e. The number of fused-ring (bicyclic) bond motifs is 1. The standard InChI is InChI=1S/C17H18FNO2/c1-2-3-11-21-12-10-19-17(20)15-8-9-16(18)14-7-5-4-6-13(14)15/h2,4-9H,1,3,10-12H2,(H,19,20). The number of rotatable bonds is 7. The number of ether oxygens (including phenoxy) is 1. The second-order valence-corrected chi connectivity index (χ2v) is 4.59. The van der Waals surface area contributed by atoms with Crippen LogP contribution in [0, 0.1) is 5.82 Å². The Hall–Kier alpha value is -2.20. The topological polar surface area (TPSA) is 38.3 Å². The lowest BCUT2D eigenvalue weighted by Gasteiger charge is -2.09. The average molecular weight is 287 g/mol. The van der Waals surface area contributed by atoms with Gasteiger partial charge in [0.1, 0.15) is 5.82 Å². The minimum absolute atomic E-state index is 0.224. The molecule has 2 rings (SSSR count). The van der Waals surface area contributed by atoms with Crippen molar-refractivity contribution in [3.63, 3.8) is 0 Å². The number of nitrogens with one attached hydrogen (secondary N) is 1. The second-order valence-electron chi connectivity index (χ2n) is 4.59. The van der Waals surface area contributed by atoms with Gasteiger partial charge in [0.2, 0.25) is 0 Å². The maximum absolute atomic E-state index is 13.7. The number of amides is 1. The van der Waals surface area contributed by atoms with Gasteiger partial charge in [-0.15, -0.1) is 6.58 Å². The average Bonchev–Trinajstić information content (AvgIpc) is 2.51. The summed E-state index contributed by atoms with van der Waals surface area (Å²) < 4.78 is 19.0. The molecule has 1 amide bonds. The van der Waals surface area contributed by atoms with Crippen molar-refractivity contribution in [2.45, 2.75) is 6.42 Å². The largest absolute Gasteiger partial charge is 0.379 e. The fourth-order valence-electron chi connectivity index (χ4n) is 2.06. The van der Waals surface area contributed by atoms with Crippen LogP contribution in [0.1, 0.15) is 16.8 Å². The number of hydrogen-bond donors (Lipinski definition) is 1. The highest BCUT2D eigenvalue weighted by molar-refractivity contribution is 6.07. The van der Waals surface area contributed by atoms with E-state index in [1.165, 1.54) is 12.1 Å². The third-order valence-electron chi connectivity index (χ3n) is 3.11. The van der Waals surface area contributed by atoms with Gasteiger partial charge < -0.3 is 10.1 Å². The SMILES string of the molecule is C=CCCOCCNC(=O)c1ccc(F)c2ccccc12. The molecule has 0 unspecified atom stereocenters. The zero-order valence-corrected chi connectivity index (χ0v) is 11.8. The number of benzene rings is 2. The molecule has 0 saturated heterocycles. The van der Waals surface area contributed by atoms with Crippen molar-refractivity contribution in [3.05, 3.63) is 60.4 Å². The first-order valence-corrected chi connectivity index (χ1v) is 6.88. The molecule has 0 spiro atoms. The maximum atomic E-state index is 13.7. The van der Waals surface area contributed by atoms with E-state index in [0.29, 0.717) is 36.1 Å². The third kappa shape index (κ3) is 3.89. The lowest BCUT2D eigenvalue weighted by molar-refractivity contribution is 0.0919. The molecule has 0 aliphatic rings. The summed E-state index contributed by atoms with van der Waals surface area (Å²) >= 11 is 0. The molecule has 0 aromatic heterocycles. The van der Waals surface area contributed by atoms with Gasteiger partial charge in [0.25, 0.3) is 5.91 Å². The smallest absolute Gasteiger partial charge is 0.251 e. The first-order chi connectivity index (χ1) is 10.2. The predicted octanol–water partition coefficient (Wildman–Crippen LogP) is 3.30. The predicted molar refractivity (Wildman–Crippen MR) is 81.9 cm³/mol. The maximum Gasteiger partial charge on any atom is 0.251 e. The highest BCUT2D eigenvalue weighted by atomic mass is 19.1. The Kier molecular flexibility index (Phi) is 5.46. The zero-order valence-electron chi connectivity index (χ0n) is 11.8. The molecule has 0 radical (unpaired) electrons. The van der Waals surface area contributed by atoms with Gasteiger partial charge in [-0.25, -0.2) is 4.39 Å². The Labute approximate surface area is 123 Å². The van der Waals surface area contributed by atoms with Gasteiger partial charge in [0, 0.05) is 17.5 Å². The van der Waals surface area contributed by atoms with Crippen LogP contribution in [0.4, 0.5) is 4.39 Å². The summed E-state index contributed by atoms with van der Waals surface area (Å²) in [7, 11) is 0. The first-order valence-electron chi connectivity index (χ1n) is 6.88. The number of hydrogen-bond acceptors (Lipinski definition) is 2. The van der Waals surface area contributed by atoms with Crippen molar-refractivity contribution < 1.29 is 13.9 Å². The summed E-state index contributed by atoms with van der Waals surface area (Å²) in [5.41, 5.74) is 0.470. The number of carbonyl (C=O) groups is 1. The van der Waals surface area contributed by atoms with E-state index in [0.717, 1.165) is 6.42 Å². The van der Waals surface area contributed by atoms with Gasteiger partial charge in [0.05, 0.1) is 13.2 Å². The minimum atomic E-state index is -0.324. The molecule has 3 nitrogen and oxygen atoms in total. The van der Waals surface area contributed by atoms with E-state index in [2.05, 4.69) is 11.9 Å². The molecule has 2 aromatic rings. The monoisotopic (exact) mass is 287 g/mol. The van der Waals surface area contributed by atoms with Gasteiger partial charge in [0.15, 0.2) is 0 Å². The lowest BCUT2D eigenvalue weighted by atomic mass is 10.0. The van der Waals surface area contributed by atoms with Gasteiger partial charge in [-0.2, -0.15) is 0 Å². The molecule has 0 saturated carbocycles. The fourth-order valence-corrected chi connectivity index (χ4v) is 2.06. The Bertz CT molecular complexity index is 640. The Morgan fingerprint density at radius 1 is 1.19 bits per heavy atom. The Morgan fingerprint density at radius 3 is 2.71 bits per heavy atom. The van der Waals surface area contributed by atoms with E-state index < -0.39 is 0 Å². The van der Waals surface area contributed by atoms with Crippen molar-refractivity contribution in [2.24, 2.45) is 0 Å². The van der Waals surface area contributed by atoms with E-state index in [-0.39, 0.29) is 11.7 Å². The van der Waals surface area contributed by atoms with Crippen molar-refractivity contribution in [1.29, 1.82) is 0 Å². The second kappa shape index (κ2) is 7.55. The molecule has 0 aliphatic heterocycles. The van der Waals surface area contributed by atoms with Crippen LogP contribution in [0.2, 0.25) is 0 Å². The first kappa shape index (κ1) is 15.2. The lowest BCUT2D eigenvalue weighted by Crippen LogP contribution is -2.27. The fraction of sp³-hybridized carbons (Fsp3) is 0.235. The summed E-state index contributed by atoms with van der Waals surface area (Å²) in [6, 6.07) is 9.77. The van der Waals surface area contributed by atoms with Crippen molar-refractivity contribution in [3.8, 4) is 0 Å². The van der Waals surface area contributed by atoms with Crippen LogP contribution in [-0.4, -0.2) is 25.7 Å². The molecule has 0 bridgehead atoms. The number of carbonyl (C=O) groups excluding carboxylic acids is 1. The molecule has 0 aliphatic carbocycles. The zero-order chi connectivity index (χ0) is 15.1. The highest BCUT2D eigenvalue weighted by Gasteiger charge is 2.11. The molecular weight excluding hydrogens is 269 g/mol. The van der Waals surface area contributed by atoms with Crippen LogP contribution < -0.4 is 5.32 Å².